The molecule has 5 heteroatoms. The van der Waals surface area contributed by atoms with Gasteiger partial charge in [-0.05, 0) is 17.5 Å². The van der Waals surface area contributed by atoms with Gasteiger partial charge in [-0.3, -0.25) is 0 Å². The molecule has 2 rings (SSSR count). The van der Waals surface area contributed by atoms with E-state index >= 15 is 0 Å². The molecule has 0 unspecified atom stereocenters. The van der Waals surface area contributed by atoms with Crippen LogP contribution in [0, 0.1) is 0 Å². The summed E-state index contributed by atoms with van der Waals surface area (Å²) in [4.78, 5) is 11.9. The Bertz CT molecular complexity index is 649. The summed E-state index contributed by atoms with van der Waals surface area (Å²) in [6.45, 7) is 0.860. The lowest BCUT2D eigenvalue weighted by atomic mass is 9.89. The van der Waals surface area contributed by atoms with Crippen LogP contribution in [0.4, 0.5) is 0 Å². The average molecular weight is 374 g/mol. The van der Waals surface area contributed by atoms with E-state index in [4.69, 9.17) is 26.8 Å². The van der Waals surface area contributed by atoms with Gasteiger partial charge in [0.15, 0.2) is 0 Å². The molecule has 0 fully saturated rings. The molecular weight excluding hydrogens is 350 g/mol. The van der Waals surface area contributed by atoms with Crippen LogP contribution < -0.4 is 5.73 Å². The maximum absolute atomic E-state index is 11.9. The third-order valence-electron chi connectivity index (χ3n) is 3.85. The lowest BCUT2D eigenvalue weighted by Crippen LogP contribution is -2.13. The fourth-order valence-electron chi connectivity index (χ4n) is 2.65. The van der Waals surface area contributed by atoms with Gasteiger partial charge in [0, 0.05) is 23.6 Å². The molecule has 2 aromatic carbocycles. The highest BCUT2D eigenvalue weighted by Gasteiger charge is 2.14. The second-order valence-corrected chi connectivity index (χ2v) is 6.17. The molecule has 4 nitrogen and oxygen atoms in total. The Kier molecular flexibility index (Phi) is 8.73. The van der Waals surface area contributed by atoms with Gasteiger partial charge in [0.2, 0.25) is 0 Å². The van der Waals surface area contributed by atoms with Crippen LogP contribution in [0.3, 0.4) is 0 Å². The number of alkyl halides is 1. The molecular formula is C21H24ClNO3. The van der Waals surface area contributed by atoms with Gasteiger partial charge in [-0.15, -0.1) is 11.6 Å². The van der Waals surface area contributed by atoms with Gasteiger partial charge in [-0.2, -0.15) is 0 Å². The summed E-state index contributed by atoms with van der Waals surface area (Å²) in [5.41, 5.74) is 8.43. The van der Waals surface area contributed by atoms with E-state index in [1.807, 2.05) is 36.4 Å². The van der Waals surface area contributed by atoms with Gasteiger partial charge < -0.3 is 15.2 Å². The number of ether oxygens (including phenoxy) is 2. The first-order valence-corrected chi connectivity index (χ1v) is 9.10. The predicted molar refractivity (Wildman–Crippen MR) is 104 cm³/mol. The van der Waals surface area contributed by atoms with Crippen molar-refractivity contribution in [2.45, 2.75) is 12.3 Å². The summed E-state index contributed by atoms with van der Waals surface area (Å²) in [6, 6.07) is 20.4. The van der Waals surface area contributed by atoms with Crippen LogP contribution in [0.2, 0.25) is 0 Å². The molecule has 0 aliphatic carbocycles. The number of carbonyl (C=O) groups excluding carboxylic acids is 1. The number of halogens is 1. The maximum atomic E-state index is 11.9. The topological polar surface area (TPSA) is 61.6 Å². The Morgan fingerprint density at radius 3 is 2.12 bits per heavy atom. The van der Waals surface area contributed by atoms with Gasteiger partial charge in [0.1, 0.15) is 0 Å². The Labute approximate surface area is 159 Å². The monoisotopic (exact) mass is 373 g/mol. The van der Waals surface area contributed by atoms with E-state index in [0.29, 0.717) is 31.2 Å². The highest BCUT2D eigenvalue weighted by atomic mass is 35.5. The minimum atomic E-state index is -0.461. The lowest BCUT2D eigenvalue weighted by molar-refractivity contribution is -0.138. The largest absolute Gasteiger partial charge is 0.462 e. The summed E-state index contributed by atoms with van der Waals surface area (Å²) >= 11 is 5.51. The minimum absolute atomic E-state index is 0.165. The molecule has 2 aromatic rings. The van der Waals surface area contributed by atoms with Crippen LogP contribution in [0.5, 0.6) is 0 Å². The molecule has 0 saturated carbocycles. The SMILES string of the molecule is NC(=CC(=O)OCCC(c1ccccc1)c1ccccc1)COCCCl. The molecule has 2 N–H and O–H groups in total. The third kappa shape index (κ3) is 6.90. The van der Waals surface area contributed by atoms with Crippen molar-refractivity contribution >= 4 is 17.6 Å². The summed E-state index contributed by atoms with van der Waals surface area (Å²) in [5, 5.41) is 0. The summed E-state index contributed by atoms with van der Waals surface area (Å²) in [7, 11) is 0. The van der Waals surface area contributed by atoms with Crippen molar-refractivity contribution in [1.82, 2.24) is 0 Å². The zero-order chi connectivity index (χ0) is 18.6. The smallest absolute Gasteiger partial charge is 0.332 e. The van der Waals surface area contributed by atoms with E-state index in [-0.39, 0.29) is 12.5 Å². The Morgan fingerprint density at radius 2 is 1.58 bits per heavy atom. The molecule has 0 radical (unpaired) electrons. The zero-order valence-electron chi connectivity index (χ0n) is 14.6. The van der Waals surface area contributed by atoms with Crippen molar-refractivity contribution < 1.29 is 14.3 Å². The van der Waals surface area contributed by atoms with Gasteiger partial charge >= 0.3 is 5.97 Å². The summed E-state index contributed by atoms with van der Waals surface area (Å²) < 4.78 is 10.5. The van der Waals surface area contributed by atoms with E-state index in [9.17, 15) is 4.79 Å². The number of benzene rings is 2. The quantitative estimate of drug-likeness (QED) is 0.297. The molecule has 0 aromatic heterocycles. The second kappa shape index (κ2) is 11.3. The molecule has 26 heavy (non-hydrogen) atoms. The number of hydrogen-bond acceptors (Lipinski definition) is 4. The van der Waals surface area contributed by atoms with Gasteiger partial charge in [-0.25, -0.2) is 4.79 Å². The molecule has 138 valence electrons. The van der Waals surface area contributed by atoms with Crippen molar-refractivity contribution in [3.05, 3.63) is 83.6 Å². The molecule has 0 aliphatic rings. The van der Waals surface area contributed by atoms with Crippen molar-refractivity contribution in [3.63, 3.8) is 0 Å². The molecule has 0 spiro atoms. The molecule has 0 amide bonds. The summed E-state index contributed by atoms with van der Waals surface area (Å²) in [6.07, 6.45) is 1.95. The molecule has 0 heterocycles. The number of hydrogen-bond donors (Lipinski definition) is 1. The zero-order valence-corrected chi connectivity index (χ0v) is 15.4. The Hall–Kier alpha value is -2.30. The fraction of sp³-hybridized carbons (Fsp3) is 0.286. The molecule has 0 saturated heterocycles. The first-order valence-electron chi connectivity index (χ1n) is 8.57. The first kappa shape index (κ1) is 20.0. The van der Waals surface area contributed by atoms with E-state index in [1.54, 1.807) is 0 Å². The van der Waals surface area contributed by atoms with Crippen molar-refractivity contribution in [3.8, 4) is 0 Å². The van der Waals surface area contributed by atoms with Crippen LogP contribution in [-0.4, -0.2) is 31.7 Å². The van der Waals surface area contributed by atoms with Crippen molar-refractivity contribution in [1.29, 1.82) is 0 Å². The van der Waals surface area contributed by atoms with Crippen LogP contribution in [0.25, 0.3) is 0 Å². The lowest BCUT2D eigenvalue weighted by Gasteiger charge is -2.18. The second-order valence-electron chi connectivity index (χ2n) is 5.79. The van der Waals surface area contributed by atoms with E-state index in [2.05, 4.69) is 24.3 Å². The predicted octanol–water partition coefficient (Wildman–Crippen LogP) is 3.85. The van der Waals surface area contributed by atoms with Gasteiger partial charge in [-0.1, -0.05) is 60.7 Å². The molecule has 0 atom stereocenters. The number of nitrogens with two attached hydrogens (primary N) is 1. The number of esters is 1. The van der Waals surface area contributed by atoms with Crippen molar-refractivity contribution in [2.24, 2.45) is 5.73 Å². The minimum Gasteiger partial charge on any atom is -0.462 e. The van der Waals surface area contributed by atoms with Gasteiger partial charge in [0.25, 0.3) is 0 Å². The van der Waals surface area contributed by atoms with Crippen LogP contribution in [0.1, 0.15) is 23.5 Å². The van der Waals surface area contributed by atoms with E-state index < -0.39 is 5.97 Å². The number of rotatable bonds is 10. The van der Waals surface area contributed by atoms with E-state index in [0.717, 1.165) is 0 Å². The first-order chi connectivity index (χ1) is 12.7. The highest BCUT2D eigenvalue weighted by molar-refractivity contribution is 6.17. The fourth-order valence-corrected chi connectivity index (χ4v) is 2.76. The highest BCUT2D eigenvalue weighted by Crippen LogP contribution is 2.27. The van der Waals surface area contributed by atoms with Crippen LogP contribution in [-0.2, 0) is 14.3 Å². The van der Waals surface area contributed by atoms with Gasteiger partial charge in [0.05, 0.1) is 19.8 Å². The Balaban J connectivity index is 1.92. The number of carbonyl (C=O) groups is 1. The molecule has 0 aliphatic heterocycles. The van der Waals surface area contributed by atoms with Crippen molar-refractivity contribution in [2.75, 3.05) is 25.7 Å². The molecule has 0 bridgehead atoms. The third-order valence-corrected chi connectivity index (χ3v) is 4.00. The average Bonchev–Trinajstić information content (AvgIpc) is 2.67. The summed E-state index contributed by atoms with van der Waals surface area (Å²) in [5.74, 6) is 0.0911. The standard InChI is InChI=1S/C21H24ClNO3/c22-12-14-25-16-19(23)15-21(24)26-13-11-20(17-7-3-1-4-8-17)18-9-5-2-6-10-18/h1-10,15,20H,11-14,16,23H2. The van der Waals surface area contributed by atoms with E-state index in [1.165, 1.54) is 17.2 Å². The normalized spacial score (nSPS) is 11.5. The maximum Gasteiger partial charge on any atom is 0.332 e. The van der Waals surface area contributed by atoms with Crippen LogP contribution >= 0.6 is 11.6 Å². The van der Waals surface area contributed by atoms with Crippen LogP contribution in [0.15, 0.2) is 72.4 Å². The Morgan fingerprint density at radius 1 is 1.00 bits per heavy atom.